The molecule has 0 amide bonds. The fourth-order valence-corrected chi connectivity index (χ4v) is 10.6. The fourth-order valence-electron chi connectivity index (χ4n) is 10.4. The summed E-state index contributed by atoms with van der Waals surface area (Å²) in [5.41, 5.74) is 24.4. The number of benzene rings is 15. The van der Waals surface area contributed by atoms with E-state index in [1.165, 1.54) is 181 Å². The molecule has 0 nitrogen and oxygen atoms in total. The predicted octanol–water partition coefficient (Wildman–Crippen LogP) is 37.0. The molecule has 0 aliphatic carbocycles. The number of hydrogen-bond donors (Lipinski definition) is 0. The van der Waals surface area contributed by atoms with E-state index in [9.17, 15) is 65.9 Å². The first-order chi connectivity index (χ1) is 63.0. The Morgan fingerprint density at radius 3 is 0.304 bits per heavy atom. The summed E-state index contributed by atoms with van der Waals surface area (Å²) >= 11 is 5.41. The lowest BCUT2D eigenvalue weighted by Crippen LogP contribution is -1.89. The summed E-state index contributed by atoms with van der Waals surface area (Å²) < 4.78 is 189. The van der Waals surface area contributed by atoms with E-state index in [0.29, 0.717) is 50.1 Å². The molecule has 0 radical (unpaired) electrons. The zero-order valence-corrected chi connectivity index (χ0v) is 84.3. The van der Waals surface area contributed by atoms with E-state index in [1.807, 2.05) is 58.9 Å². The van der Waals surface area contributed by atoms with Crippen LogP contribution >= 0.6 is 11.6 Å². The molecule has 720 valence electrons. The molecule has 15 aromatic rings. The largest absolute Gasteiger partial charge is 0.207 e. The fraction of sp³-hybridized carbons (Fsp3) is 0.244. The van der Waals surface area contributed by atoms with Crippen molar-refractivity contribution in [1.82, 2.24) is 0 Å². The predicted molar refractivity (Wildman–Crippen MR) is 538 cm³/mol. The van der Waals surface area contributed by atoms with Crippen LogP contribution < -0.4 is 0 Å². The van der Waals surface area contributed by atoms with Crippen molar-refractivity contribution in [3.05, 3.63) is 527 Å². The van der Waals surface area contributed by atoms with Gasteiger partial charge < -0.3 is 0 Å². The number of rotatable bonds is 0. The van der Waals surface area contributed by atoms with Crippen molar-refractivity contribution in [2.24, 2.45) is 0 Å². The maximum atomic E-state index is 12.6. The summed E-state index contributed by atoms with van der Waals surface area (Å²) in [5, 5.41) is 0.181. The van der Waals surface area contributed by atoms with E-state index in [2.05, 4.69) is 191 Å². The first-order valence-corrected chi connectivity index (χ1v) is 44.0. The van der Waals surface area contributed by atoms with Crippen molar-refractivity contribution in [3.8, 4) is 0 Å². The van der Waals surface area contributed by atoms with Gasteiger partial charge in [0.25, 0.3) is 0 Å². The number of hydrogen-bond acceptors (Lipinski definition) is 0. The monoisotopic (exact) mass is 1880 g/mol. The van der Waals surface area contributed by atoms with Crippen LogP contribution in [0.2, 0.25) is 5.02 Å². The van der Waals surface area contributed by atoms with Gasteiger partial charge in [0.2, 0.25) is 0 Å². The van der Waals surface area contributed by atoms with E-state index >= 15 is 0 Å². The molecule has 0 saturated heterocycles. The first-order valence-electron chi connectivity index (χ1n) is 43.6. The SMILES string of the molecule is Cc1cc(F)c(C)c(F)c1.Cc1cc(F)c(C)c(F)c1.Cc1cc(F)c(C)c(F)c1.Cc1cc(F)c(C)c(F)c1.Cc1cc(F)c(C)c(F)c1.Cc1ccc(C)c(F)c1.Cc1ccc(C)c(F)c1.Cc1ccc(C)c(F)c1.Cc1ccc(C)c(F)c1.Cc1ccc(C)cc1.Cc1ccc(C)cc1.Cc1ccc(C)cc1.Cc1ccc(C)cc1.Cc1ccc(C)cc1.Cc1ccc(Cl)c(F)c1. The summed E-state index contributed by atoms with van der Waals surface area (Å²) in [6.07, 6.45) is 0. The normalized spacial score (nSPS) is 9.67. The van der Waals surface area contributed by atoms with Gasteiger partial charge >= 0.3 is 0 Å². The lowest BCUT2D eigenvalue weighted by Gasteiger charge is -1.98. The Balaban J connectivity index is 0.000000724. The van der Waals surface area contributed by atoms with Gasteiger partial charge in [-0.25, -0.2) is 65.9 Å². The van der Waals surface area contributed by atoms with Gasteiger partial charge in [0.1, 0.15) is 87.3 Å². The van der Waals surface area contributed by atoms with Gasteiger partial charge in [-0.3, -0.25) is 0 Å². The maximum absolute atomic E-state index is 12.6. The Kier molecular flexibility index (Phi) is 56.2. The lowest BCUT2D eigenvalue weighted by molar-refractivity contribution is 0.565. The average Bonchev–Trinajstić information content (AvgIpc) is 0.875. The number of halogens is 16. The second kappa shape index (κ2) is 62.9. The zero-order valence-electron chi connectivity index (χ0n) is 83.5. The highest BCUT2D eigenvalue weighted by Crippen LogP contribution is 2.21. The van der Waals surface area contributed by atoms with Gasteiger partial charge in [0, 0.05) is 27.8 Å². The van der Waals surface area contributed by atoms with E-state index in [4.69, 9.17) is 11.6 Å². The molecular formula is C119H132ClF15. The van der Waals surface area contributed by atoms with E-state index in [0.717, 1.165) is 27.8 Å². The minimum Gasteiger partial charge on any atom is -0.207 e. The molecule has 0 aliphatic heterocycles. The van der Waals surface area contributed by atoms with Gasteiger partial charge in [-0.05, 0) is 376 Å². The third-order valence-electron chi connectivity index (χ3n) is 19.6. The Bertz CT molecular complexity index is 4980. The van der Waals surface area contributed by atoms with Crippen LogP contribution in [0.3, 0.4) is 0 Å². The van der Waals surface area contributed by atoms with Crippen LogP contribution in [0.5, 0.6) is 0 Å². The molecule has 0 N–H and O–H groups in total. The van der Waals surface area contributed by atoms with Gasteiger partial charge in [0.05, 0.1) is 5.02 Å². The van der Waals surface area contributed by atoms with Gasteiger partial charge in [-0.2, -0.15) is 0 Å². The van der Waals surface area contributed by atoms with Crippen LogP contribution in [0.25, 0.3) is 0 Å². The second-order valence-corrected chi connectivity index (χ2v) is 33.9. The Labute approximate surface area is 800 Å². The molecule has 0 aromatic heterocycles. The van der Waals surface area contributed by atoms with Gasteiger partial charge in [-0.1, -0.05) is 243 Å². The lowest BCUT2D eigenvalue weighted by atomic mass is 10.1. The molecule has 0 saturated carbocycles. The molecule has 0 bridgehead atoms. The summed E-state index contributed by atoms with van der Waals surface area (Å²) in [4.78, 5) is 0. The van der Waals surface area contributed by atoms with E-state index in [1.54, 1.807) is 98.7 Å². The molecule has 0 atom stereocenters. The van der Waals surface area contributed by atoms with Gasteiger partial charge in [-0.15, -0.1) is 0 Å². The molecule has 0 unspecified atom stereocenters. The van der Waals surface area contributed by atoms with Gasteiger partial charge in [0.15, 0.2) is 0 Å². The van der Waals surface area contributed by atoms with Crippen molar-refractivity contribution in [2.75, 3.05) is 0 Å². The quantitative estimate of drug-likeness (QED) is 0.133. The smallest absolute Gasteiger partial charge is 0.142 e. The van der Waals surface area contributed by atoms with Crippen LogP contribution in [0.15, 0.2) is 273 Å². The Hall–Kier alpha value is -12.5. The summed E-state index contributed by atoms with van der Waals surface area (Å²) in [6.45, 7) is 52.7. The van der Waals surface area contributed by atoms with Crippen molar-refractivity contribution in [2.45, 2.75) is 201 Å². The highest BCUT2D eigenvalue weighted by molar-refractivity contribution is 6.30. The van der Waals surface area contributed by atoms with Crippen molar-refractivity contribution in [1.29, 1.82) is 0 Å². The van der Waals surface area contributed by atoms with E-state index in [-0.39, 0.29) is 61.9 Å². The third-order valence-corrected chi connectivity index (χ3v) is 19.9. The topological polar surface area (TPSA) is 0 Å². The van der Waals surface area contributed by atoms with Crippen LogP contribution in [0.4, 0.5) is 65.9 Å². The third kappa shape index (κ3) is 52.1. The van der Waals surface area contributed by atoms with Crippen molar-refractivity contribution in [3.63, 3.8) is 0 Å². The van der Waals surface area contributed by atoms with Crippen molar-refractivity contribution >= 4 is 11.6 Å². The van der Waals surface area contributed by atoms with Crippen LogP contribution in [0, 0.1) is 288 Å². The van der Waals surface area contributed by atoms with Crippen molar-refractivity contribution < 1.29 is 65.9 Å². The molecular weight excluding hydrogens is 1750 g/mol. The highest BCUT2D eigenvalue weighted by Gasteiger charge is 2.09. The standard InChI is InChI=1S/5C8H8F2.4C8H9F.5C8H10.C7H6ClF/c5*1-5-3-7(9)6(2)8(10)4-5;4*1-6-3-4-7(2)8(9)5-6;5*1-7-3-5-8(2)6-4-7;1-5-2-3-6(8)7(9)4-5/h5*3-4H,1-2H3;4*3-5H,1-2H3;5*3-6H,1-2H3;2-4H,1H3. The minimum atomic E-state index is -0.475. The molecule has 0 heterocycles. The van der Waals surface area contributed by atoms with Crippen LogP contribution in [-0.2, 0) is 0 Å². The number of aryl methyl sites for hydroxylation is 24. The molecule has 16 heteroatoms. The highest BCUT2D eigenvalue weighted by atomic mass is 35.5. The van der Waals surface area contributed by atoms with E-state index < -0.39 is 58.2 Å². The molecule has 15 aromatic carbocycles. The second-order valence-electron chi connectivity index (χ2n) is 33.5. The molecule has 135 heavy (non-hydrogen) atoms. The maximum Gasteiger partial charge on any atom is 0.142 e. The summed E-state index contributed by atoms with van der Waals surface area (Å²) in [7, 11) is 0. The first kappa shape index (κ1) is 121. The minimum absolute atomic E-state index is 0.0885. The Morgan fingerprint density at radius 2 is 0.207 bits per heavy atom. The zero-order chi connectivity index (χ0) is 103. The molecule has 15 rings (SSSR count). The molecule has 0 fully saturated rings. The van der Waals surface area contributed by atoms with Crippen LogP contribution in [-0.4, -0.2) is 0 Å². The molecule has 0 aliphatic rings. The summed E-state index contributed by atoms with van der Waals surface area (Å²) in [5.74, 6) is -5.56. The Morgan fingerprint density at radius 1 is 0.111 bits per heavy atom. The average molecular weight is 1880 g/mol. The molecule has 0 spiro atoms. The van der Waals surface area contributed by atoms with Crippen LogP contribution in [0.1, 0.15) is 161 Å². The summed E-state index contributed by atoms with van der Waals surface area (Å²) in [6, 6.07) is 81.2.